The van der Waals surface area contributed by atoms with Gasteiger partial charge in [-0.05, 0) is 42.3 Å². The lowest BCUT2D eigenvalue weighted by Gasteiger charge is -2.06. The molecule has 0 atom stereocenters. The monoisotopic (exact) mass is 407 g/mol. The highest BCUT2D eigenvalue weighted by Crippen LogP contribution is 2.27. The second kappa shape index (κ2) is 8.11. The maximum atomic E-state index is 12.6. The van der Waals surface area contributed by atoms with Gasteiger partial charge in [0.1, 0.15) is 12.1 Å². The molecule has 0 saturated carbocycles. The van der Waals surface area contributed by atoms with E-state index in [4.69, 9.17) is 4.42 Å². The number of rotatable bonds is 6. The number of nitrogens with zero attached hydrogens (tertiary/aromatic N) is 3. The van der Waals surface area contributed by atoms with Crippen LogP contribution < -0.4 is 10.6 Å². The fourth-order valence-electron chi connectivity index (χ4n) is 2.68. The second-order valence-corrected chi connectivity index (χ2v) is 7.28. The van der Waals surface area contributed by atoms with Crippen LogP contribution in [0.1, 0.15) is 31.4 Å². The summed E-state index contributed by atoms with van der Waals surface area (Å²) < 4.78 is 6.88. The molecule has 0 spiro atoms. The van der Waals surface area contributed by atoms with Crippen LogP contribution in [-0.4, -0.2) is 26.3 Å². The molecule has 8 nitrogen and oxygen atoms in total. The van der Waals surface area contributed by atoms with Gasteiger partial charge < -0.3 is 15.1 Å². The largest absolute Gasteiger partial charge is 0.459 e. The average Bonchev–Trinajstić information content (AvgIpc) is 3.48. The first-order chi connectivity index (χ1) is 14.1. The molecule has 146 valence electrons. The van der Waals surface area contributed by atoms with E-state index in [1.54, 1.807) is 41.5 Å². The minimum Gasteiger partial charge on any atom is -0.459 e. The van der Waals surface area contributed by atoms with Crippen LogP contribution in [0.3, 0.4) is 0 Å². The average molecular weight is 407 g/mol. The van der Waals surface area contributed by atoms with E-state index in [0.29, 0.717) is 16.4 Å². The van der Waals surface area contributed by atoms with E-state index in [9.17, 15) is 9.59 Å². The van der Waals surface area contributed by atoms with Gasteiger partial charge in [-0.25, -0.2) is 9.97 Å². The van der Waals surface area contributed by atoms with Gasteiger partial charge in [0.25, 0.3) is 11.8 Å². The van der Waals surface area contributed by atoms with Crippen LogP contribution in [-0.2, 0) is 6.54 Å². The highest BCUT2D eigenvalue weighted by molar-refractivity contribution is 7.18. The predicted molar refractivity (Wildman–Crippen MR) is 108 cm³/mol. The Balaban J connectivity index is 1.37. The topological polar surface area (TPSA) is 102 Å². The van der Waals surface area contributed by atoms with Gasteiger partial charge in [-0.1, -0.05) is 6.07 Å². The van der Waals surface area contributed by atoms with E-state index >= 15 is 0 Å². The van der Waals surface area contributed by atoms with Crippen LogP contribution in [0, 0.1) is 6.92 Å². The smallest absolute Gasteiger partial charge is 0.291 e. The van der Waals surface area contributed by atoms with Crippen LogP contribution in [0.5, 0.6) is 0 Å². The van der Waals surface area contributed by atoms with Gasteiger partial charge in [-0.2, -0.15) is 0 Å². The molecule has 2 N–H and O–H groups in total. The summed E-state index contributed by atoms with van der Waals surface area (Å²) in [5.41, 5.74) is 1.67. The number of aryl methyl sites for hydroxylation is 1. The molecule has 29 heavy (non-hydrogen) atoms. The highest BCUT2D eigenvalue weighted by atomic mass is 32.1. The van der Waals surface area contributed by atoms with Crippen molar-refractivity contribution < 1.29 is 14.0 Å². The van der Waals surface area contributed by atoms with Gasteiger partial charge in [0.2, 0.25) is 0 Å². The zero-order chi connectivity index (χ0) is 20.2. The number of amides is 2. The van der Waals surface area contributed by atoms with Crippen molar-refractivity contribution in [3.8, 4) is 5.82 Å². The number of imidazole rings is 1. The maximum Gasteiger partial charge on any atom is 0.291 e. The zero-order valence-electron chi connectivity index (χ0n) is 15.5. The standard InChI is InChI=1S/C20H17N5O3S/c1-13-9-17(24-19(26)15-3-2-8-28-15)29-18(13)20(27)23-11-14-4-5-16(22-10-14)25-7-6-21-12-25/h2-10,12H,11H2,1H3,(H,23,27)(H,24,26). The Morgan fingerprint density at radius 1 is 1.24 bits per heavy atom. The predicted octanol–water partition coefficient (Wildman–Crippen LogP) is 3.41. The molecule has 4 heterocycles. The van der Waals surface area contributed by atoms with Crippen molar-refractivity contribution in [1.29, 1.82) is 0 Å². The Bertz CT molecular complexity index is 1120. The van der Waals surface area contributed by atoms with Crippen LogP contribution in [0.4, 0.5) is 5.00 Å². The van der Waals surface area contributed by atoms with Crippen LogP contribution in [0.2, 0.25) is 0 Å². The van der Waals surface area contributed by atoms with E-state index in [1.165, 1.54) is 17.6 Å². The van der Waals surface area contributed by atoms with Gasteiger partial charge in [0.15, 0.2) is 5.76 Å². The SMILES string of the molecule is Cc1cc(NC(=O)c2ccco2)sc1C(=O)NCc1ccc(-n2ccnc2)nc1. The van der Waals surface area contributed by atoms with Crippen LogP contribution in [0.25, 0.3) is 5.82 Å². The third kappa shape index (κ3) is 4.25. The van der Waals surface area contributed by atoms with Crippen molar-refractivity contribution >= 4 is 28.2 Å². The quantitative estimate of drug-likeness (QED) is 0.510. The molecule has 4 aromatic heterocycles. The summed E-state index contributed by atoms with van der Waals surface area (Å²) in [7, 11) is 0. The molecule has 4 rings (SSSR count). The van der Waals surface area contributed by atoms with Crippen molar-refractivity contribution in [3.63, 3.8) is 0 Å². The number of hydrogen-bond donors (Lipinski definition) is 2. The van der Waals surface area contributed by atoms with Gasteiger partial charge >= 0.3 is 0 Å². The molecule has 0 aliphatic rings. The molecule has 4 aromatic rings. The van der Waals surface area contributed by atoms with E-state index < -0.39 is 0 Å². The molecule has 0 fully saturated rings. The lowest BCUT2D eigenvalue weighted by atomic mass is 10.2. The Kier molecular flexibility index (Phi) is 5.21. The van der Waals surface area contributed by atoms with Gasteiger partial charge in [0, 0.05) is 25.1 Å². The molecule has 2 amide bonds. The molecule has 0 aliphatic heterocycles. The Morgan fingerprint density at radius 2 is 2.14 bits per heavy atom. The molecular weight excluding hydrogens is 390 g/mol. The van der Waals surface area contributed by atoms with Crippen LogP contribution >= 0.6 is 11.3 Å². The van der Waals surface area contributed by atoms with E-state index in [-0.39, 0.29) is 17.6 Å². The number of hydrogen-bond acceptors (Lipinski definition) is 6. The van der Waals surface area contributed by atoms with E-state index in [1.807, 2.05) is 25.3 Å². The molecular formula is C20H17N5O3S. The maximum absolute atomic E-state index is 12.6. The summed E-state index contributed by atoms with van der Waals surface area (Å²) in [6, 6.07) is 8.75. The molecule has 0 aliphatic carbocycles. The van der Waals surface area contributed by atoms with E-state index in [2.05, 4.69) is 20.6 Å². The van der Waals surface area contributed by atoms with Gasteiger partial charge in [-0.3, -0.25) is 14.2 Å². The first-order valence-corrected chi connectivity index (χ1v) is 9.58. The summed E-state index contributed by atoms with van der Waals surface area (Å²) >= 11 is 1.22. The summed E-state index contributed by atoms with van der Waals surface area (Å²) in [5.74, 6) is 0.411. The fraction of sp³-hybridized carbons (Fsp3) is 0.100. The number of aromatic nitrogens is 3. The number of furan rings is 1. The molecule has 0 radical (unpaired) electrons. The second-order valence-electron chi connectivity index (χ2n) is 6.23. The number of anilines is 1. The first kappa shape index (κ1) is 18.6. The minimum atomic E-state index is -0.354. The van der Waals surface area contributed by atoms with Gasteiger partial charge in [-0.15, -0.1) is 11.3 Å². The Hall–Kier alpha value is -3.72. The number of carbonyl (C=O) groups is 2. The summed E-state index contributed by atoms with van der Waals surface area (Å²) in [5, 5.41) is 6.21. The number of carbonyl (C=O) groups excluding carboxylic acids is 2. The molecule has 9 heteroatoms. The highest BCUT2D eigenvalue weighted by Gasteiger charge is 2.16. The first-order valence-electron chi connectivity index (χ1n) is 8.77. The number of thiophene rings is 1. The van der Waals surface area contributed by atoms with Crippen molar-refractivity contribution in [2.75, 3.05) is 5.32 Å². The lowest BCUT2D eigenvalue weighted by Crippen LogP contribution is -2.22. The zero-order valence-corrected chi connectivity index (χ0v) is 16.3. The number of nitrogens with one attached hydrogen (secondary N) is 2. The Labute approximate surface area is 170 Å². The third-order valence-electron chi connectivity index (χ3n) is 4.14. The lowest BCUT2D eigenvalue weighted by molar-refractivity contribution is 0.0953. The summed E-state index contributed by atoms with van der Waals surface area (Å²) in [6.45, 7) is 2.18. The minimum absolute atomic E-state index is 0.204. The molecule has 0 unspecified atom stereocenters. The molecule has 0 saturated heterocycles. The van der Waals surface area contributed by atoms with Crippen molar-refractivity contribution in [2.45, 2.75) is 13.5 Å². The fourth-order valence-corrected chi connectivity index (χ4v) is 3.67. The normalized spacial score (nSPS) is 10.7. The van der Waals surface area contributed by atoms with Crippen molar-refractivity contribution in [3.05, 3.63) is 83.3 Å². The van der Waals surface area contributed by atoms with E-state index in [0.717, 1.165) is 16.9 Å². The molecule has 0 aromatic carbocycles. The summed E-state index contributed by atoms with van der Waals surface area (Å²) in [6.07, 6.45) is 8.32. The van der Waals surface area contributed by atoms with Gasteiger partial charge in [0.05, 0.1) is 16.1 Å². The van der Waals surface area contributed by atoms with Crippen molar-refractivity contribution in [2.24, 2.45) is 0 Å². The van der Waals surface area contributed by atoms with Crippen molar-refractivity contribution in [1.82, 2.24) is 19.9 Å². The summed E-state index contributed by atoms with van der Waals surface area (Å²) in [4.78, 5) is 33.5. The number of pyridine rings is 1. The van der Waals surface area contributed by atoms with Crippen LogP contribution in [0.15, 0.2) is 65.9 Å². The third-order valence-corrected chi connectivity index (χ3v) is 5.29. The Morgan fingerprint density at radius 3 is 2.83 bits per heavy atom. The molecule has 0 bridgehead atoms.